The van der Waals surface area contributed by atoms with Gasteiger partial charge in [0.15, 0.2) is 5.75 Å². The summed E-state index contributed by atoms with van der Waals surface area (Å²) in [6.07, 6.45) is 1.52. The molecule has 0 aliphatic heterocycles. The first-order valence-electron chi connectivity index (χ1n) is 6.84. The number of amides is 1. The average molecular weight is 318 g/mol. The Bertz CT molecular complexity index is 754. The van der Waals surface area contributed by atoms with Crippen molar-refractivity contribution in [3.05, 3.63) is 46.9 Å². The quantitative estimate of drug-likeness (QED) is 0.873. The van der Waals surface area contributed by atoms with Gasteiger partial charge in [-0.25, -0.2) is 0 Å². The molecular formula is C16H18N2O5. The molecule has 0 saturated carbocycles. The Labute approximate surface area is 133 Å². The maximum Gasteiger partial charge on any atom is 0.293 e. The largest absolute Gasteiger partial charge is 0.497 e. The van der Waals surface area contributed by atoms with Crippen molar-refractivity contribution in [2.45, 2.75) is 6.54 Å². The summed E-state index contributed by atoms with van der Waals surface area (Å²) in [6.45, 7) is -0.142. The minimum absolute atomic E-state index is 0.142. The number of pyridine rings is 1. The highest BCUT2D eigenvalue weighted by Crippen LogP contribution is 2.28. The van der Waals surface area contributed by atoms with Crippen LogP contribution < -0.4 is 25.1 Å². The molecule has 7 heteroatoms. The Morgan fingerprint density at radius 1 is 1.09 bits per heavy atom. The maximum absolute atomic E-state index is 12.2. The molecule has 0 unspecified atom stereocenters. The molecule has 1 N–H and O–H groups in total. The summed E-state index contributed by atoms with van der Waals surface area (Å²) in [6, 6.07) is 8.24. The van der Waals surface area contributed by atoms with Gasteiger partial charge in [0.1, 0.15) is 18.0 Å². The second-order valence-electron chi connectivity index (χ2n) is 4.62. The van der Waals surface area contributed by atoms with Crippen LogP contribution in [-0.2, 0) is 11.3 Å². The first-order valence-corrected chi connectivity index (χ1v) is 6.84. The van der Waals surface area contributed by atoms with Crippen LogP contribution in [0.5, 0.6) is 17.2 Å². The average Bonchev–Trinajstić information content (AvgIpc) is 2.56. The van der Waals surface area contributed by atoms with Crippen molar-refractivity contribution in [3.63, 3.8) is 0 Å². The fourth-order valence-electron chi connectivity index (χ4n) is 2.05. The number of benzene rings is 1. The van der Waals surface area contributed by atoms with Crippen molar-refractivity contribution in [2.75, 3.05) is 26.6 Å². The van der Waals surface area contributed by atoms with E-state index in [2.05, 4.69) is 5.32 Å². The van der Waals surface area contributed by atoms with Gasteiger partial charge in [0.2, 0.25) is 5.91 Å². The fraction of sp³-hybridized carbons (Fsp3) is 0.250. The fourth-order valence-corrected chi connectivity index (χ4v) is 2.05. The molecule has 0 radical (unpaired) electrons. The van der Waals surface area contributed by atoms with Gasteiger partial charge >= 0.3 is 0 Å². The molecule has 1 heterocycles. The van der Waals surface area contributed by atoms with Crippen molar-refractivity contribution in [1.29, 1.82) is 0 Å². The molecular weight excluding hydrogens is 300 g/mol. The van der Waals surface area contributed by atoms with E-state index >= 15 is 0 Å². The number of nitrogens with zero attached hydrogens (tertiary/aromatic N) is 1. The molecule has 2 aromatic rings. The Balaban J connectivity index is 2.19. The van der Waals surface area contributed by atoms with Crippen LogP contribution in [0, 0.1) is 0 Å². The molecule has 1 aromatic heterocycles. The maximum atomic E-state index is 12.2. The third-order valence-electron chi connectivity index (χ3n) is 3.20. The number of methoxy groups -OCH3 is 3. The Morgan fingerprint density at radius 3 is 2.48 bits per heavy atom. The predicted octanol–water partition coefficient (Wildman–Crippen LogP) is 1.51. The molecule has 0 spiro atoms. The molecule has 122 valence electrons. The van der Waals surface area contributed by atoms with Crippen molar-refractivity contribution in [1.82, 2.24) is 4.57 Å². The molecule has 23 heavy (non-hydrogen) atoms. The number of carbonyl (C=O) groups is 1. The lowest BCUT2D eigenvalue weighted by atomic mass is 10.2. The number of ether oxygens (including phenoxy) is 3. The van der Waals surface area contributed by atoms with E-state index in [1.54, 1.807) is 30.3 Å². The molecule has 7 nitrogen and oxygen atoms in total. The van der Waals surface area contributed by atoms with Gasteiger partial charge in [-0.3, -0.25) is 9.59 Å². The zero-order chi connectivity index (χ0) is 16.8. The number of nitrogens with one attached hydrogen (secondary N) is 1. The first-order chi connectivity index (χ1) is 11.1. The lowest BCUT2D eigenvalue weighted by Crippen LogP contribution is -2.27. The minimum Gasteiger partial charge on any atom is -0.497 e. The molecule has 1 aromatic carbocycles. The molecule has 0 fully saturated rings. The molecule has 1 amide bonds. The van der Waals surface area contributed by atoms with Gasteiger partial charge in [-0.1, -0.05) is 0 Å². The molecule has 0 aliphatic carbocycles. The lowest BCUT2D eigenvalue weighted by Gasteiger charge is -2.12. The minimum atomic E-state index is -0.372. The van der Waals surface area contributed by atoms with Crippen LogP contribution in [0.2, 0.25) is 0 Å². The summed E-state index contributed by atoms with van der Waals surface area (Å²) >= 11 is 0. The zero-order valence-corrected chi connectivity index (χ0v) is 13.2. The van der Waals surface area contributed by atoms with E-state index < -0.39 is 0 Å². The van der Waals surface area contributed by atoms with Gasteiger partial charge in [0, 0.05) is 12.3 Å². The highest BCUT2D eigenvalue weighted by molar-refractivity contribution is 5.92. The van der Waals surface area contributed by atoms with Gasteiger partial charge in [-0.15, -0.1) is 0 Å². The summed E-state index contributed by atoms with van der Waals surface area (Å²) in [7, 11) is 4.44. The number of anilines is 1. The van der Waals surface area contributed by atoms with Crippen molar-refractivity contribution in [3.8, 4) is 17.2 Å². The van der Waals surface area contributed by atoms with E-state index in [1.165, 1.54) is 32.1 Å². The van der Waals surface area contributed by atoms with Crippen molar-refractivity contribution >= 4 is 11.6 Å². The number of hydrogen-bond donors (Lipinski definition) is 1. The summed E-state index contributed by atoms with van der Waals surface area (Å²) in [5.74, 6) is 0.892. The van der Waals surface area contributed by atoms with Crippen LogP contribution in [0.1, 0.15) is 0 Å². The molecule has 0 aliphatic rings. The van der Waals surface area contributed by atoms with Crippen LogP contribution in [0.4, 0.5) is 5.69 Å². The number of aromatic nitrogens is 1. The van der Waals surface area contributed by atoms with Crippen LogP contribution in [0.25, 0.3) is 0 Å². The van der Waals surface area contributed by atoms with E-state index in [0.29, 0.717) is 17.2 Å². The van der Waals surface area contributed by atoms with Crippen LogP contribution in [-0.4, -0.2) is 31.8 Å². The summed E-state index contributed by atoms with van der Waals surface area (Å²) in [4.78, 5) is 24.2. The predicted molar refractivity (Wildman–Crippen MR) is 85.4 cm³/mol. The SMILES string of the molecule is COc1ccc(OC)c(NC(=O)Cn2cccc(OC)c2=O)c1. The van der Waals surface area contributed by atoms with E-state index in [-0.39, 0.29) is 23.8 Å². The number of hydrogen-bond acceptors (Lipinski definition) is 5. The summed E-state index contributed by atoms with van der Waals surface area (Å²) < 4.78 is 16.5. The van der Waals surface area contributed by atoms with Gasteiger partial charge in [-0.2, -0.15) is 0 Å². The normalized spacial score (nSPS) is 10.0. The third-order valence-corrected chi connectivity index (χ3v) is 3.20. The van der Waals surface area contributed by atoms with Gasteiger partial charge in [-0.05, 0) is 24.3 Å². The summed E-state index contributed by atoms with van der Waals surface area (Å²) in [5.41, 5.74) is 0.0931. The summed E-state index contributed by atoms with van der Waals surface area (Å²) in [5, 5.41) is 2.70. The van der Waals surface area contributed by atoms with E-state index in [4.69, 9.17) is 14.2 Å². The monoisotopic (exact) mass is 318 g/mol. The zero-order valence-electron chi connectivity index (χ0n) is 13.2. The number of carbonyl (C=O) groups excluding carboxylic acids is 1. The number of rotatable bonds is 6. The molecule has 0 bridgehead atoms. The Morgan fingerprint density at radius 2 is 1.83 bits per heavy atom. The van der Waals surface area contributed by atoms with E-state index in [1.807, 2.05) is 0 Å². The standard InChI is InChI=1S/C16H18N2O5/c1-21-11-6-7-13(22-2)12(9-11)17-15(19)10-18-8-4-5-14(23-3)16(18)20/h4-9H,10H2,1-3H3,(H,17,19). The van der Waals surface area contributed by atoms with Gasteiger partial charge < -0.3 is 24.1 Å². The highest BCUT2D eigenvalue weighted by Gasteiger charge is 2.11. The molecule has 2 rings (SSSR count). The van der Waals surface area contributed by atoms with Gasteiger partial charge in [0.05, 0.1) is 27.0 Å². The topological polar surface area (TPSA) is 78.8 Å². The Kier molecular flexibility index (Phi) is 5.24. The molecule has 0 atom stereocenters. The smallest absolute Gasteiger partial charge is 0.293 e. The lowest BCUT2D eigenvalue weighted by molar-refractivity contribution is -0.116. The molecule has 0 saturated heterocycles. The second-order valence-corrected chi connectivity index (χ2v) is 4.62. The van der Waals surface area contributed by atoms with Crippen LogP contribution in [0.15, 0.2) is 41.3 Å². The first kappa shape index (κ1) is 16.4. The van der Waals surface area contributed by atoms with E-state index in [9.17, 15) is 9.59 Å². The van der Waals surface area contributed by atoms with Crippen molar-refractivity contribution < 1.29 is 19.0 Å². The Hall–Kier alpha value is -2.96. The van der Waals surface area contributed by atoms with Crippen LogP contribution >= 0.6 is 0 Å². The van der Waals surface area contributed by atoms with Crippen LogP contribution in [0.3, 0.4) is 0 Å². The highest BCUT2D eigenvalue weighted by atomic mass is 16.5. The second kappa shape index (κ2) is 7.35. The van der Waals surface area contributed by atoms with Crippen molar-refractivity contribution in [2.24, 2.45) is 0 Å². The third kappa shape index (κ3) is 3.82. The van der Waals surface area contributed by atoms with Gasteiger partial charge in [0.25, 0.3) is 5.56 Å². The van der Waals surface area contributed by atoms with E-state index in [0.717, 1.165) is 0 Å².